The van der Waals surface area contributed by atoms with Crippen LogP contribution in [0.4, 0.5) is 8.78 Å². The highest BCUT2D eigenvalue weighted by Gasteiger charge is 2.45. The van der Waals surface area contributed by atoms with Crippen LogP contribution in [-0.2, 0) is 23.6 Å². The normalized spacial score (nSPS) is 28.3. The zero-order valence-corrected chi connectivity index (χ0v) is 21.3. The molecule has 0 amide bonds. The number of benzene rings is 1. The lowest BCUT2D eigenvalue weighted by molar-refractivity contribution is -0.104. The van der Waals surface area contributed by atoms with Crippen molar-refractivity contribution in [2.24, 2.45) is 18.9 Å². The van der Waals surface area contributed by atoms with Gasteiger partial charge in [-0.1, -0.05) is 44.0 Å². The standard InChI is InChI=1S/C28H37F2N5O/c1-19-15-35(9-8-28(19,29)30)25(10-20-6-7-20)22-12-24(31-14-22)21-4-3-5-23(11-21)27(16-36-17-27)13-26-33-32-18-34(26)2/h3-5,11,14,18-20,24-25,31H,6-10,12-13,15-17H2,1-2H3/t19-,24?,25+/m1/s1. The second kappa shape index (κ2) is 9.21. The van der Waals surface area contributed by atoms with Gasteiger partial charge in [0.1, 0.15) is 12.2 Å². The summed E-state index contributed by atoms with van der Waals surface area (Å²) in [6.45, 7) is 4.04. The van der Waals surface area contributed by atoms with Crippen molar-refractivity contribution in [2.75, 3.05) is 26.3 Å². The minimum atomic E-state index is -2.54. The maximum absolute atomic E-state index is 14.2. The summed E-state index contributed by atoms with van der Waals surface area (Å²) < 4.78 is 36.1. The smallest absolute Gasteiger partial charge is 0.253 e. The van der Waals surface area contributed by atoms with Crippen LogP contribution in [0.2, 0.25) is 0 Å². The van der Waals surface area contributed by atoms with E-state index in [0.717, 1.165) is 31.0 Å². The van der Waals surface area contributed by atoms with Gasteiger partial charge in [0, 0.05) is 50.4 Å². The second-order valence-electron chi connectivity index (χ2n) is 11.7. The number of aryl methyl sites for hydroxylation is 1. The van der Waals surface area contributed by atoms with Crippen molar-refractivity contribution in [1.82, 2.24) is 25.0 Å². The first kappa shape index (κ1) is 24.0. The zero-order chi connectivity index (χ0) is 24.9. The molecule has 1 aromatic carbocycles. The number of rotatable bonds is 8. The highest BCUT2D eigenvalue weighted by Crippen LogP contribution is 2.43. The molecule has 6 rings (SSSR count). The molecular formula is C28H37F2N5O. The Morgan fingerprint density at radius 2 is 2.08 bits per heavy atom. The average Bonchev–Trinajstić information content (AvgIpc) is 3.36. The molecule has 36 heavy (non-hydrogen) atoms. The Labute approximate surface area is 212 Å². The molecule has 4 aliphatic rings. The summed E-state index contributed by atoms with van der Waals surface area (Å²) in [6.07, 6.45) is 9.27. The monoisotopic (exact) mass is 497 g/mol. The molecule has 2 saturated heterocycles. The molecule has 3 atom stereocenters. The molecule has 1 aromatic heterocycles. The Balaban J connectivity index is 1.18. The molecule has 3 fully saturated rings. The Kier molecular flexibility index (Phi) is 6.15. The van der Waals surface area contributed by atoms with Gasteiger partial charge in [-0.05, 0) is 41.7 Å². The van der Waals surface area contributed by atoms with Crippen LogP contribution >= 0.6 is 0 Å². The van der Waals surface area contributed by atoms with Crippen molar-refractivity contribution >= 4 is 0 Å². The summed E-state index contributed by atoms with van der Waals surface area (Å²) in [6, 6.07) is 9.35. The van der Waals surface area contributed by atoms with Gasteiger partial charge in [0.15, 0.2) is 0 Å². The Morgan fingerprint density at radius 3 is 2.75 bits per heavy atom. The molecule has 8 heteroatoms. The van der Waals surface area contributed by atoms with Crippen LogP contribution in [0, 0.1) is 11.8 Å². The lowest BCUT2D eigenvalue weighted by Crippen LogP contribution is -2.50. The first-order valence-corrected chi connectivity index (χ1v) is 13.4. The maximum Gasteiger partial charge on any atom is 0.253 e. The van der Waals surface area contributed by atoms with Gasteiger partial charge in [-0.2, -0.15) is 0 Å². The number of nitrogens with one attached hydrogen (secondary N) is 1. The summed E-state index contributed by atoms with van der Waals surface area (Å²) in [5, 5.41) is 12.0. The molecule has 6 nitrogen and oxygen atoms in total. The summed E-state index contributed by atoms with van der Waals surface area (Å²) in [5.74, 6) is -1.42. The zero-order valence-electron chi connectivity index (χ0n) is 21.3. The van der Waals surface area contributed by atoms with Gasteiger partial charge in [-0.15, -0.1) is 10.2 Å². The Hall–Kier alpha value is -2.32. The van der Waals surface area contributed by atoms with Crippen molar-refractivity contribution in [3.63, 3.8) is 0 Å². The molecule has 3 aliphatic heterocycles. The molecule has 1 N–H and O–H groups in total. The fourth-order valence-corrected chi connectivity index (χ4v) is 6.18. The predicted octanol–water partition coefficient (Wildman–Crippen LogP) is 4.39. The van der Waals surface area contributed by atoms with Crippen molar-refractivity contribution in [3.05, 3.63) is 59.3 Å². The molecule has 1 saturated carbocycles. The lowest BCUT2D eigenvalue weighted by atomic mass is 9.75. The molecule has 0 bridgehead atoms. The summed E-state index contributed by atoms with van der Waals surface area (Å²) in [7, 11) is 1.98. The molecule has 194 valence electrons. The maximum atomic E-state index is 14.2. The summed E-state index contributed by atoms with van der Waals surface area (Å²) in [5.41, 5.74) is 3.85. The van der Waals surface area contributed by atoms with Gasteiger partial charge in [0.05, 0.1) is 19.3 Å². The third kappa shape index (κ3) is 4.58. The van der Waals surface area contributed by atoms with E-state index in [1.807, 2.05) is 11.6 Å². The molecule has 1 unspecified atom stereocenters. The van der Waals surface area contributed by atoms with E-state index in [2.05, 4.69) is 50.9 Å². The van der Waals surface area contributed by atoms with Gasteiger partial charge in [0.2, 0.25) is 0 Å². The first-order chi connectivity index (χ1) is 17.3. The first-order valence-electron chi connectivity index (χ1n) is 13.4. The lowest BCUT2D eigenvalue weighted by Gasteiger charge is -2.42. The van der Waals surface area contributed by atoms with Crippen LogP contribution in [0.1, 0.15) is 62.0 Å². The van der Waals surface area contributed by atoms with Gasteiger partial charge < -0.3 is 14.6 Å². The van der Waals surface area contributed by atoms with Crippen LogP contribution in [0.3, 0.4) is 0 Å². The largest absolute Gasteiger partial charge is 0.384 e. The molecular weight excluding hydrogens is 460 g/mol. The van der Waals surface area contributed by atoms with E-state index in [1.165, 1.54) is 29.5 Å². The van der Waals surface area contributed by atoms with Crippen LogP contribution in [-0.4, -0.2) is 57.9 Å². The molecule has 0 spiro atoms. The van der Waals surface area contributed by atoms with Crippen molar-refractivity contribution in [2.45, 2.75) is 68.9 Å². The molecule has 2 aromatic rings. The number of piperidine rings is 1. The van der Waals surface area contributed by atoms with Gasteiger partial charge in [0.25, 0.3) is 5.92 Å². The predicted molar refractivity (Wildman–Crippen MR) is 134 cm³/mol. The molecule has 4 heterocycles. The number of likely N-dealkylation sites (tertiary alicyclic amines) is 1. The third-order valence-corrected chi connectivity index (χ3v) is 8.95. The topological polar surface area (TPSA) is 55.2 Å². The molecule has 1 aliphatic carbocycles. The number of ether oxygens (including phenoxy) is 1. The van der Waals surface area contributed by atoms with Crippen molar-refractivity contribution in [1.29, 1.82) is 0 Å². The van der Waals surface area contributed by atoms with E-state index in [9.17, 15) is 8.78 Å². The highest BCUT2D eigenvalue weighted by molar-refractivity contribution is 5.37. The van der Waals surface area contributed by atoms with Crippen LogP contribution in [0.5, 0.6) is 0 Å². The fourth-order valence-electron chi connectivity index (χ4n) is 6.18. The molecule has 0 radical (unpaired) electrons. The van der Waals surface area contributed by atoms with E-state index in [4.69, 9.17) is 4.74 Å². The minimum absolute atomic E-state index is 0.0306. The fraction of sp³-hybridized carbons (Fsp3) is 0.643. The summed E-state index contributed by atoms with van der Waals surface area (Å²) in [4.78, 5) is 2.34. The quantitative estimate of drug-likeness (QED) is 0.586. The number of alkyl halides is 2. The second-order valence-corrected chi connectivity index (χ2v) is 11.7. The van der Waals surface area contributed by atoms with Gasteiger partial charge >= 0.3 is 0 Å². The highest BCUT2D eigenvalue weighted by atomic mass is 19.3. The van der Waals surface area contributed by atoms with E-state index in [1.54, 1.807) is 13.3 Å². The average molecular weight is 498 g/mol. The van der Waals surface area contributed by atoms with Crippen LogP contribution in [0.25, 0.3) is 0 Å². The Bertz CT molecular complexity index is 1120. The van der Waals surface area contributed by atoms with Gasteiger partial charge in [-0.25, -0.2) is 8.78 Å². The summed E-state index contributed by atoms with van der Waals surface area (Å²) >= 11 is 0. The number of nitrogens with zero attached hydrogens (tertiary/aromatic N) is 4. The van der Waals surface area contributed by atoms with E-state index in [0.29, 0.717) is 26.3 Å². The third-order valence-electron chi connectivity index (χ3n) is 8.95. The van der Waals surface area contributed by atoms with E-state index >= 15 is 0 Å². The SMILES string of the molecule is C[C@@H]1CN([C@@H](CC2CC2)C2=CNC(c3cccc(C4(Cc5nncn5C)COC4)c3)C2)CCC1(F)F. The van der Waals surface area contributed by atoms with Crippen molar-refractivity contribution < 1.29 is 13.5 Å². The van der Waals surface area contributed by atoms with Crippen LogP contribution < -0.4 is 5.32 Å². The number of aromatic nitrogens is 3. The van der Waals surface area contributed by atoms with E-state index < -0.39 is 11.8 Å². The Morgan fingerprint density at radius 1 is 1.25 bits per heavy atom. The van der Waals surface area contributed by atoms with Gasteiger partial charge in [-0.3, -0.25) is 4.90 Å². The van der Waals surface area contributed by atoms with E-state index in [-0.39, 0.29) is 23.9 Å². The van der Waals surface area contributed by atoms with Crippen molar-refractivity contribution in [3.8, 4) is 0 Å². The number of hydrogen-bond donors (Lipinski definition) is 1. The van der Waals surface area contributed by atoms with Crippen LogP contribution in [0.15, 0.2) is 42.4 Å². The number of halogens is 2. The number of hydrogen-bond acceptors (Lipinski definition) is 5. The minimum Gasteiger partial charge on any atom is -0.384 e.